The quantitative estimate of drug-likeness (QED) is 0.197. The van der Waals surface area contributed by atoms with Crippen molar-refractivity contribution in [3.05, 3.63) is 157 Å². The normalized spacial score (nSPS) is 15.3. The molecule has 0 atom stereocenters. The van der Waals surface area contributed by atoms with Crippen molar-refractivity contribution in [2.45, 2.75) is 0 Å². The first-order chi connectivity index (χ1) is 25.9. The van der Waals surface area contributed by atoms with Gasteiger partial charge in [0.1, 0.15) is 11.2 Å². The maximum Gasteiger partial charge on any atom is 0.136 e. The van der Waals surface area contributed by atoms with Crippen molar-refractivity contribution in [2.75, 3.05) is 0 Å². The summed E-state index contributed by atoms with van der Waals surface area (Å²) in [6.45, 7) is 0. The second kappa shape index (κ2) is 9.44. The minimum absolute atomic E-state index is 0.0422. The van der Waals surface area contributed by atoms with E-state index >= 15 is 0 Å². The molecule has 9 aromatic rings. The molecule has 0 saturated heterocycles. The largest absolute Gasteiger partial charge is 0.456 e. The van der Waals surface area contributed by atoms with Crippen molar-refractivity contribution in [3.63, 3.8) is 0 Å². The van der Waals surface area contributed by atoms with Gasteiger partial charge in [-0.3, -0.25) is 0 Å². The highest BCUT2D eigenvalue weighted by atomic mass is 16.3. The van der Waals surface area contributed by atoms with Crippen LogP contribution in [0.4, 0.5) is 0 Å². The Hall–Kier alpha value is -5.66. The molecule has 0 spiro atoms. The summed E-state index contributed by atoms with van der Waals surface area (Å²) in [5.74, 6) is 0. The Morgan fingerprint density at radius 2 is 1.00 bits per heavy atom. The van der Waals surface area contributed by atoms with Crippen molar-refractivity contribution >= 4 is 54.3 Å². The lowest BCUT2D eigenvalue weighted by molar-refractivity contribution is 0.669. The average Bonchev–Trinajstić information content (AvgIpc) is 3.60. The Kier molecular flexibility index (Phi) is 3.41. The number of hydrogen-bond acceptors (Lipinski definition) is 1. The third-order valence-electron chi connectivity index (χ3n) is 8.13. The van der Waals surface area contributed by atoms with Crippen LogP contribution in [-0.2, 0) is 0 Å². The van der Waals surface area contributed by atoms with Gasteiger partial charge in [0.25, 0.3) is 0 Å². The van der Waals surface area contributed by atoms with Crippen molar-refractivity contribution in [3.8, 4) is 33.4 Å². The molecule has 0 N–H and O–H groups in total. The third-order valence-corrected chi connectivity index (χ3v) is 8.13. The Bertz CT molecular complexity index is 3040. The van der Waals surface area contributed by atoms with Crippen LogP contribution in [0.2, 0.25) is 0 Å². The summed E-state index contributed by atoms with van der Waals surface area (Å²) in [6, 6.07) is 23.5. The molecule has 1 heterocycles. The molecule has 43 heavy (non-hydrogen) atoms. The average molecular weight is 558 g/mol. The van der Waals surface area contributed by atoms with Crippen LogP contribution in [0.3, 0.4) is 0 Å². The third kappa shape index (κ3) is 3.58. The zero-order chi connectivity index (χ0) is 37.9. The van der Waals surface area contributed by atoms with Gasteiger partial charge in [-0.25, -0.2) is 0 Å². The van der Waals surface area contributed by atoms with Crippen molar-refractivity contribution in [2.24, 2.45) is 0 Å². The Balaban J connectivity index is 1.61. The topological polar surface area (TPSA) is 13.1 Å². The molecule has 0 bridgehead atoms. The molecule has 9 rings (SSSR count). The van der Waals surface area contributed by atoms with E-state index in [4.69, 9.17) is 16.8 Å². The molecule has 0 aliphatic heterocycles. The number of furan rings is 1. The monoisotopic (exact) mass is 557 g/mol. The minimum atomic E-state index is -0.622. The molecule has 0 saturated carbocycles. The van der Waals surface area contributed by atoms with Gasteiger partial charge in [0.2, 0.25) is 0 Å². The maximum absolute atomic E-state index is 9.49. The maximum atomic E-state index is 9.49. The van der Waals surface area contributed by atoms with Crippen LogP contribution in [0.5, 0.6) is 0 Å². The molecular weight excluding hydrogens is 520 g/mol. The molecule has 200 valence electrons. The fourth-order valence-electron chi connectivity index (χ4n) is 6.40. The number of rotatable bonds is 3. The van der Waals surface area contributed by atoms with Crippen molar-refractivity contribution in [1.82, 2.24) is 0 Å². The van der Waals surface area contributed by atoms with E-state index in [1.165, 1.54) is 0 Å². The van der Waals surface area contributed by atoms with Crippen LogP contribution in [0, 0.1) is 0 Å². The summed E-state index contributed by atoms with van der Waals surface area (Å²) >= 11 is 0. The number of benzene rings is 8. The predicted octanol–water partition coefficient (Wildman–Crippen LogP) is 12.0. The van der Waals surface area contributed by atoms with Crippen LogP contribution in [0.1, 0.15) is 15.1 Å². The van der Waals surface area contributed by atoms with Gasteiger partial charge in [-0.1, -0.05) is 145 Å². The summed E-state index contributed by atoms with van der Waals surface area (Å²) in [5.41, 5.74) is 1.68. The summed E-state index contributed by atoms with van der Waals surface area (Å²) < 4.78 is 103. The first-order valence-corrected chi connectivity index (χ1v) is 13.9. The SMILES string of the molecule is [2H]c1c([2H])c([2H])c(-c2c([2H])c([2H])c3oc4c([2H])c([2H])c([2H])c([2H])c4c3c2-c2c3ccccc3c(-c3cccc4ccccc34)c3ccccc23)c([2H])c1[2H]. The highest BCUT2D eigenvalue weighted by molar-refractivity contribution is 6.28. The second-order valence-electron chi connectivity index (χ2n) is 10.4. The Morgan fingerprint density at radius 1 is 0.395 bits per heavy atom. The molecule has 0 unspecified atom stereocenters. The summed E-state index contributed by atoms with van der Waals surface area (Å²) in [7, 11) is 0. The molecule has 8 aromatic carbocycles. The Labute approximate surface area is 264 Å². The van der Waals surface area contributed by atoms with Gasteiger partial charge in [-0.15, -0.1) is 0 Å². The van der Waals surface area contributed by atoms with Crippen LogP contribution >= 0.6 is 0 Å². The van der Waals surface area contributed by atoms with Gasteiger partial charge in [-0.2, -0.15) is 0 Å². The zero-order valence-electron chi connectivity index (χ0n) is 33.6. The van der Waals surface area contributed by atoms with E-state index in [2.05, 4.69) is 12.1 Å². The fourth-order valence-corrected chi connectivity index (χ4v) is 6.40. The molecule has 0 aliphatic carbocycles. The van der Waals surface area contributed by atoms with E-state index in [0.717, 1.165) is 32.7 Å². The molecule has 0 amide bonds. The lowest BCUT2D eigenvalue weighted by Gasteiger charge is -2.21. The first kappa shape index (κ1) is 15.5. The number of hydrogen-bond donors (Lipinski definition) is 0. The van der Waals surface area contributed by atoms with Gasteiger partial charge in [0.05, 0.1) is 15.1 Å². The highest BCUT2D eigenvalue weighted by Crippen LogP contribution is 2.50. The molecule has 0 radical (unpaired) electrons. The van der Waals surface area contributed by atoms with E-state index in [0.29, 0.717) is 16.3 Å². The summed E-state index contributed by atoms with van der Waals surface area (Å²) in [6.07, 6.45) is 0. The molecule has 1 nitrogen and oxygen atoms in total. The fraction of sp³-hybridized carbons (Fsp3) is 0. The van der Waals surface area contributed by atoms with Crippen molar-refractivity contribution in [1.29, 1.82) is 0 Å². The van der Waals surface area contributed by atoms with Gasteiger partial charge in [0, 0.05) is 16.3 Å². The van der Waals surface area contributed by atoms with E-state index in [1.807, 2.05) is 78.9 Å². The van der Waals surface area contributed by atoms with Crippen molar-refractivity contribution < 1.29 is 19.5 Å². The summed E-state index contributed by atoms with van der Waals surface area (Å²) in [5, 5.41) is 5.04. The zero-order valence-corrected chi connectivity index (χ0v) is 22.6. The minimum Gasteiger partial charge on any atom is -0.456 e. The standard InChI is InChI=1S/C42H26O/c1-2-13-28(14-3-1)30-25-26-38-41(36-22-10-11-24-37(36)43-38)42(30)40-34-20-8-6-18-32(34)39(33-19-7-9-21-35(33)40)31-23-12-16-27-15-4-5-17-29(27)31/h1-26H/i1D,2D,3D,10D,11D,13D,14D,22D,24D,25D,26D. The number of fused-ring (bicyclic) bond motifs is 6. The van der Waals surface area contributed by atoms with E-state index in [9.17, 15) is 2.74 Å². The molecule has 0 fully saturated rings. The number of para-hydroxylation sites is 1. The van der Waals surface area contributed by atoms with Gasteiger partial charge in [-0.05, 0) is 72.2 Å². The van der Waals surface area contributed by atoms with Crippen LogP contribution in [0.25, 0.3) is 87.6 Å². The van der Waals surface area contributed by atoms with E-state index in [-0.39, 0.29) is 38.6 Å². The van der Waals surface area contributed by atoms with E-state index < -0.39 is 66.5 Å². The Morgan fingerprint density at radius 3 is 1.74 bits per heavy atom. The molecule has 1 heteroatoms. The van der Waals surface area contributed by atoms with Crippen LogP contribution < -0.4 is 0 Å². The lowest BCUT2D eigenvalue weighted by Crippen LogP contribution is -1.94. The molecular formula is C42H26O. The molecule has 1 aromatic heterocycles. The summed E-state index contributed by atoms with van der Waals surface area (Å²) in [4.78, 5) is 0. The lowest BCUT2D eigenvalue weighted by atomic mass is 9.81. The van der Waals surface area contributed by atoms with E-state index in [1.54, 1.807) is 0 Å². The first-order valence-electron chi connectivity index (χ1n) is 19.4. The highest BCUT2D eigenvalue weighted by Gasteiger charge is 2.23. The van der Waals surface area contributed by atoms with Gasteiger partial charge >= 0.3 is 0 Å². The van der Waals surface area contributed by atoms with Crippen LogP contribution in [0.15, 0.2) is 162 Å². The predicted molar refractivity (Wildman–Crippen MR) is 183 cm³/mol. The van der Waals surface area contributed by atoms with Gasteiger partial charge < -0.3 is 4.42 Å². The smallest absolute Gasteiger partial charge is 0.136 e. The second-order valence-corrected chi connectivity index (χ2v) is 10.4. The van der Waals surface area contributed by atoms with Crippen LogP contribution in [-0.4, -0.2) is 0 Å². The molecule has 0 aliphatic rings. The van der Waals surface area contributed by atoms with Gasteiger partial charge in [0.15, 0.2) is 0 Å².